The van der Waals surface area contributed by atoms with E-state index < -0.39 is 5.91 Å². The van der Waals surface area contributed by atoms with Gasteiger partial charge in [-0.3, -0.25) is 4.79 Å². The molecule has 0 heterocycles. The second-order valence-corrected chi connectivity index (χ2v) is 3.62. The number of halogens is 2. The van der Waals surface area contributed by atoms with Crippen LogP contribution in [0, 0.1) is 11.3 Å². The Balaban J connectivity index is 2.60. The molecular formula is C10H7Cl2N3O. The highest BCUT2D eigenvalue weighted by atomic mass is 35.5. The molecule has 0 unspecified atom stereocenters. The van der Waals surface area contributed by atoms with Crippen molar-refractivity contribution in [2.75, 3.05) is 0 Å². The molecule has 0 radical (unpaired) electrons. The molecule has 0 aliphatic heterocycles. The van der Waals surface area contributed by atoms with E-state index in [1.807, 2.05) is 0 Å². The van der Waals surface area contributed by atoms with Crippen molar-refractivity contribution in [2.24, 2.45) is 5.10 Å². The number of hydrogen-bond donors (Lipinski definition) is 1. The summed E-state index contributed by atoms with van der Waals surface area (Å²) in [5, 5.41) is 12.7. The number of amides is 1. The van der Waals surface area contributed by atoms with E-state index in [2.05, 4.69) is 10.5 Å². The Morgan fingerprint density at radius 2 is 2.25 bits per heavy atom. The third-order valence-corrected chi connectivity index (χ3v) is 2.33. The van der Waals surface area contributed by atoms with E-state index in [0.717, 1.165) is 0 Å². The van der Waals surface area contributed by atoms with Gasteiger partial charge in [-0.15, -0.1) is 0 Å². The Bertz CT molecular complexity index is 466. The normalized spacial score (nSPS) is 10.1. The Morgan fingerprint density at radius 3 is 2.88 bits per heavy atom. The van der Waals surface area contributed by atoms with Crippen molar-refractivity contribution in [3.8, 4) is 6.07 Å². The Labute approximate surface area is 102 Å². The van der Waals surface area contributed by atoms with Gasteiger partial charge in [0.1, 0.15) is 6.42 Å². The summed E-state index contributed by atoms with van der Waals surface area (Å²) in [6.45, 7) is 0. The third kappa shape index (κ3) is 3.89. The van der Waals surface area contributed by atoms with E-state index in [4.69, 9.17) is 28.5 Å². The fraction of sp³-hybridized carbons (Fsp3) is 0.100. The zero-order valence-electron chi connectivity index (χ0n) is 8.08. The van der Waals surface area contributed by atoms with E-state index in [1.165, 1.54) is 6.21 Å². The lowest BCUT2D eigenvalue weighted by Crippen LogP contribution is -2.16. The van der Waals surface area contributed by atoms with Crippen LogP contribution in [0.15, 0.2) is 23.3 Å². The van der Waals surface area contributed by atoms with Crippen LogP contribution < -0.4 is 5.43 Å². The van der Waals surface area contributed by atoms with Gasteiger partial charge in [0.05, 0.1) is 22.3 Å². The standard InChI is InChI=1S/C10H7Cl2N3O/c11-8-2-1-7(5-9(8)12)6-14-15-10(16)3-4-13/h1-2,5-6H,3H2,(H,15,16). The lowest BCUT2D eigenvalue weighted by Gasteiger charge is -1.97. The second kappa shape index (κ2) is 6.11. The van der Waals surface area contributed by atoms with Crippen molar-refractivity contribution in [1.82, 2.24) is 5.43 Å². The lowest BCUT2D eigenvalue weighted by atomic mass is 10.2. The smallest absolute Gasteiger partial charge is 0.254 e. The number of hydrazone groups is 1. The molecule has 0 atom stereocenters. The van der Waals surface area contributed by atoms with Crippen LogP contribution in [-0.4, -0.2) is 12.1 Å². The minimum atomic E-state index is -0.459. The highest BCUT2D eigenvalue weighted by molar-refractivity contribution is 6.42. The van der Waals surface area contributed by atoms with Crippen LogP contribution in [0.4, 0.5) is 0 Å². The van der Waals surface area contributed by atoms with Crippen molar-refractivity contribution in [1.29, 1.82) is 5.26 Å². The average molecular weight is 256 g/mol. The van der Waals surface area contributed by atoms with Crippen molar-refractivity contribution >= 4 is 35.3 Å². The number of nitrogens with one attached hydrogen (secondary N) is 1. The summed E-state index contributed by atoms with van der Waals surface area (Å²) in [5.74, 6) is -0.459. The Hall–Kier alpha value is -1.57. The van der Waals surface area contributed by atoms with Gasteiger partial charge in [0.2, 0.25) is 0 Å². The number of carbonyl (C=O) groups excluding carboxylic acids is 1. The minimum Gasteiger partial charge on any atom is -0.272 e. The first-order valence-corrected chi connectivity index (χ1v) is 5.03. The molecule has 0 fully saturated rings. The van der Waals surface area contributed by atoms with Crippen LogP contribution in [0.25, 0.3) is 0 Å². The van der Waals surface area contributed by atoms with Crippen LogP contribution in [0.3, 0.4) is 0 Å². The number of nitrogens with zero attached hydrogens (tertiary/aromatic N) is 2. The molecule has 0 saturated heterocycles. The van der Waals surface area contributed by atoms with Gasteiger partial charge in [-0.25, -0.2) is 5.43 Å². The molecule has 1 rings (SSSR count). The first-order valence-electron chi connectivity index (χ1n) is 4.27. The van der Waals surface area contributed by atoms with Gasteiger partial charge < -0.3 is 0 Å². The Morgan fingerprint density at radius 1 is 1.50 bits per heavy atom. The zero-order chi connectivity index (χ0) is 12.0. The van der Waals surface area contributed by atoms with E-state index in [-0.39, 0.29) is 6.42 Å². The SMILES string of the molecule is N#CCC(=O)NN=Cc1ccc(Cl)c(Cl)c1. The van der Waals surface area contributed by atoms with Crippen LogP contribution in [0.2, 0.25) is 10.0 Å². The van der Waals surface area contributed by atoms with Crippen molar-refractivity contribution < 1.29 is 4.79 Å². The van der Waals surface area contributed by atoms with Crippen molar-refractivity contribution in [2.45, 2.75) is 6.42 Å². The fourth-order valence-corrected chi connectivity index (χ4v) is 1.19. The molecule has 6 heteroatoms. The van der Waals surface area contributed by atoms with Gasteiger partial charge in [-0.1, -0.05) is 29.3 Å². The second-order valence-electron chi connectivity index (χ2n) is 2.80. The summed E-state index contributed by atoms with van der Waals surface area (Å²) in [6.07, 6.45) is 1.19. The summed E-state index contributed by atoms with van der Waals surface area (Å²) < 4.78 is 0. The highest BCUT2D eigenvalue weighted by Gasteiger charge is 1.98. The fourth-order valence-electron chi connectivity index (χ4n) is 0.883. The van der Waals surface area contributed by atoms with E-state index >= 15 is 0 Å². The number of rotatable bonds is 3. The average Bonchev–Trinajstić information content (AvgIpc) is 2.24. The molecule has 1 aromatic rings. The molecule has 4 nitrogen and oxygen atoms in total. The van der Waals surface area contributed by atoms with Crippen molar-refractivity contribution in [3.63, 3.8) is 0 Å². The van der Waals surface area contributed by atoms with Gasteiger partial charge in [0.15, 0.2) is 0 Å². The van der Waals surface area contributed by atoms with Gasteiger partial charge in [-0.05, 0) is 17.7 Å². The number of hydrogen-bond acceptors (Lipinski definition) is 3. The van der Waals surface area contributed by atoms with Crippen LogP contribution in [0.5, 0.6) is 0 Å². The first-order chi connectivity index (χ1) is 7.63. The third-order valence-electron chi connectivity index (χ3n) is 1.59. The highest BCUT2D eigenvalue weighted by Crippen LogP contribution is 2.21. The summed E-state index contributed by atoms with van der Waals surface area (Å²) in [7, 11) is 0. The maximum atomic E-state index is 10.9. The van der Waals surface area contributed by atoms with E-state index in [0.29, 0.717) is 15.6 Å². The number of nitriles is 1. The van der Waals surface area contributed by atoms with E-state index in [9.17, 15) is 4.79 Å². The van der Waals surface area contributed by atoms with Gasteiger partial charge >= 0.3 is 0 Å². The Kier molecular flexibility index (Phi) is 4.77. The molecule has 0 aliphatic carbocycles. The van der Waals surface area contributed by atoms with Crippen molar-refractivity contribution in [3.05, 3.63) is 33.8 Å². The predicted molar refractivity (Wildman–Crippen MR) is 62.4 cm³/mol. The molecule has 1 aromatic carbocycles. The maximum absolute atomic E-state index is 10.9. The van der Waals surface area contributed by atoms with Crippen LogP contribution in [-0.2, 0) is 4.79 Å². The van der Waals surface area contributed by atoms with Crippen LogP contribution in [0.1, 0.15) is 12.0 Å². The van der Waals surface area contributed by atoms with Gasteiger partial charge in [0.25, 0.3) is 5.91 Å². The minimum absolute atomic E-state index is 0.223. The molecule has 0 aromatic heterocycles. The molecule has 0 bridgehead atoms. The maximum Gasteiger partial charge on any atom is 0.254 e. The lowest BCUT2D eigenvalue weighted by molar-refractivity contribution is -0.120. The molecule has 1 amide bonds. The first kappa shape index (κ1) is 12.5. The topological polar surface area (TPSA) is 65.2 Å². The quantitative estimate of drug-likeness (QED) is 0.666. The summed E-state index contributed by atoms with van der Waals surface area (Å²) in [5.41, 5.74) is 2.90. The summed E-state index contributed by atoms with van der Waals surface area (Å²) >= 11 is 11.5. The molecular weight excluding hydrogens is 249 g/mol. The summed E-state index contributed by atoms with van der Waals surface area (Å²) in [4.78, 5) is 10.9. The van der Waals surface area contributed by atoms with Gasteiger partial charge in [0, 0.05) is 0 Å². The largest absolute Gasteiger partial charge is 0.272 e. The molecule has 1 N–H and O–H groups in total. The molecule has 82 valence electrons. The predicted octanol–water partition coefficient (Wildman–Crippen LogP) is 2.36. The van der Waals surface area contributed by atoms with Gasteiger partial charge in [-0.2, -0.15) is 10.4 Å². The van der Waals surface area contributed by atoms with E-state index in [1.54, 1.807) is 24.3 Å². The number of carbonyl (C=O) groups is 1. The monoisotopic (exact) mass is 255 g/mol. The summed E-state index contributed by atoms with van der Waals surface area (Å²) in [6, 6.07) is 6.65. The molecule has 0 saturated carbocycles. The number of benzene rings is 1. The molecule has 16 heavy (non-hydrogen) atoms. The van der Waals surface area contributed by atoms with Crippen LogP contribution >= 0.6 is 23.2 Å². The zero-order valence-corrected chi connectivity index (χ0v) is 9.59. The molecule has 0 spiro atoms. The molecule has 0 aliphatic rings.